The second kappa shape index (κ2) is 4.82. The van der Waals surface area contributed by atoms with Crippen molar-refractivity contribution < 1.29 is 9.47 Å². The van der Waals surface area contributed by atoms with Crippen molar-refractivity contribution in [2.45, 2.75) is 13.1 Å². The van der Waals surface area contributed by atoms with Gasteiger partial charge in [0.05, 0.1) is 0 Å². The molecule has 0 saturated carbocycles. The van der Waals surface area contributed by atoms with E-state index in [-0.39, 0.29) is 6.79 Å². The molecular formula is C10H15ClO2Si. The van der Waals surface area contributed by atoms with E-state index in [0.29, 0.717) is 0 Å². The Labute approximate surface area is 90.5 Å². The Hall–Kier alpha value is -0.513. The molecule has 4 heteroatoms. The van der Waals surface area contributed by atoms with Crippen LogP contribution >= 0.6 is 11.1 Å². The van der Waals surface area contributed by atoms with E-state index in [1.165, 1.54) is 5.19 Å². The highest BCUT2D eigenvalue weighted by atomic mass is 35.6. The minimum Gasteiger partial charge on any atom is -0.468 e. The van der Waals surface area contributed by atoms with Gasteiger partial charge in [0.25, 0.3) is 0 Å². The second-order valence-electron chi connectivity index (χ2n) is 3.55. The lowest BCUT2D eigenvalue weighted by atomic mass is 10.3. The molecule has 0 atom stereocenters. The van der Waals surface area contributed by atoms with Gasteiger partial charge in [-0.3, -0.25) is 0 Å². The molecule has 1 rings (SSSR count). The zero-order valence-electron chi connectivity index (χ0n) is 8.71. The maximum atomic E-state index is 6.29. The van der Waals surface area contributed by atoms with E-state index in [2.05, 4.69) is 13.1 Å². The first kappa shape index (κ1) is 11.6. The monoisotopic (exact) mass is 230 g/mol. The van der Waals surface area contributed by atoms with Crippen molar-refractivity contribution in [1.29, 1.82) is 0 Å². The second-order valence-corrected chi connectivity index (χ2v) is 9.90. The summed E-state index contributed by atoms with van der Waals surface area (Å²) in [4.78, 5) is 0. The van der Waals surface area contributed by atoms with E-state index in [0.717, 1.165) is 5.75 Å². The number of methoxy groups -OCH3 is 1. The van der Waals surface area contributed by atoms with Crippen LogP contribution in [0.1, 0.15) is 0 Å². The fourth-order valence-corrected chi connectivity index (χ4v) is 2.41. The lowest BCUT2D eigenvalue weighted by Gasteiger charge is -2.13. The predicted molar refractivity (Wildman–Crippen MR) is 61.9 cm³/mol. The van der Waals surface area contributed by atoms with Crippen LogP contribution in [0.5, 0.6) is 5.75 Å². The van der Waals surface area contributed by atoms with Gasteiger partial charge >= 0.3 is 0 Å². The van der Waals surface area contributed by atoms with Crippen LogP contribution in [0, 0.1) is 0 Å². The maximum Gasteiger partial charge on any atom is 0.188 e. The summed E-state index contributed by atoms with van der Waals surface area (Å²) >= 11 is 6.29. The maximum absolute atomic E-state index is 6.29. The molecule has 0 spiro atoms. The third-order valence-electron chi connectivity index (χ3n) is 1.88. The largest absolute Gasteiger partial charge is 0.468 e. The van der Waals surface area contributed by atoms with Crippen LogP contribution in [0.2, 0.25) is 13.1 Å². The number of hydrogen-bond donors (Lipinski definition) is 0. The van der Waals surface area contributed by atoms with Crippen LogP contribution in [0.4, 0.5) is 0 Å². The Bertz CT molecular complexity index is 279. The van der Waals surface area contributed by atoms with Crippen molar-refractivity contribution in [1.82, 2.24) is 0 Å². The number of benzene rings is 1. The first-order valence-electron chi connectivity index (χ1n) is 4.45. The topological polar surface area (TPSA) is 18.5 Å². The van der Waals surface area contributed by atoms with Crippen LogP contribution in [-0.4, -0.2) is 21.3 Å². The summed E-state index contributed by atoms with van der Waals surface area (Å²) in [5.74, 6) is 0.811. The first-order chi connectivity index (χ1) is 6.54. The molecule has 0 aliphatic rings. The van der Waals surface area contributed by atoms with Gasteiger partial charge in [-0.1, -0.05) is 25.2 Å². The molecule has 0 aromatic heterocycles. The zero-order valence-corrected chi connectivity index (χ0v) is 10.5. The van der Waals surface area contributed by atoms with E-state index < -0.39 is 7.38 Å². The van der Waals surface area contributed by atoms with Crippen LogP contribution in [0.15, 0.2) is 24.3 Å². The van der Waals surface area contributed by atoms with Gasteiger partial charge in [0, 0.05) is 7.11 Å². The van der Waals surface area contributed by atoms with Crippen molar-refractivity contribution in [3.8, 4) is 5.75 Å². The summed E-state index contributed by atoms with van der Waals surface area (Å²) in [6.07, 6.45) is 0. The van der Waals surface area contributed by atoms with E-state index in [1.807, 2.05) is 24.3 Å². The molecule has 0 bridgehead atoms. The minimum atomic E-state index is -1.70. The average molecular weight is 231 g/mol. The van der Waals surface area contributed by atoms with Crippen LogP contribution in [-0.2, 0) is 4.74 Å². The van der Waals surface area contributed by atoms with Gasteiger partial charge in [-0.2, -0.15) is 11.1 Å². The van der Waals surface area contributed by atoms with Gasteiger partial charge in [-0.25, -0.2) is 0 Å². The van der Waals surface area contributed by atoms with E-state index in [4.69, 9.17) is 20.6 Å². The molecule has 2 nitrogen and oxygen atoms in total. The lowest BCUT2D eigenvalue weighted by Crippen LogP contribution is -2.34. The first-order valence-corrected chi connectivity index (χ1v) is 8.46. The SMILES string of the molecule is COCOc1ccc([Si](C)(C)Cl)cc1. The number of rotatable bonds is 4. The molecule has 1 aromatic carbocycles. The fourth-order valence-electron chi connectivity index (χ4n) is 1.07. The normalized spacial score (nSPS) is 11.4. The third kappa shape index (κ3) is 3.33. The number of hydrogen-bond acceptors (Lipinski definition) is 2. The molecule has 0 amide bonds. The minimum absolute atomic E-state index is 0.279. The Kier molecular flexibility index (Phi) is 3.98. The Morgan fingerprint density at radius 1 is 1.21 bits per heavy atom. The van der Waals surface area contributed by atoms with E-state index >= 15 is 0 Å². The molecule has 1 aromatic rings. The molecule has 0 aliphatic carbocycles. The Balaban J connectivity index is 2.69. The third-order valence-corrected chi connectivity index (χ3v) is 4.25. The highest BCUT2D eigenvalue weighted by molar-refractivity contribution is 7.26. The fraction of sp³-hybridized carbons (Fsp3) is 0.400. The smallest absolute Gasteiger partial charge is 0.188 e. The summed E-state index contributed by atoms with van der Waals surface area (Å²) in [6, 6.07) is 7.88. The van der Waals surface area contributed by atoms with Crippen molar-refractivity contribution in [3.05, 3.63) is 24.3 Å². The van der Waals surface area contributed by atoms with Gasteiger partial charge < -0.3 is 9.47 Å². The van der Waals surface area contributed by atoms with Crippen molar-refractivity contribution in [3.63, 3.8) is 0 Å². The standard InChI is InChI=1S/C10H15ClO2Si/c1-12-8-13-9-4-6-10(7-5-9)14(2,3)11/h4-7H,8H2,1-3H3. The van der Waals surface area contributed by atoms with Crippen LogP contribution in [0.25, 0.3) is 0 Å². The van der Waals surface area contributed by atoms with Crippen molar-refractivity contribution in [2.24, 2.45) is 0 Å². The quantitative estimate of drug-likeness (QED) is 0.449. The summed E-state index contributed by atoms with van der Waals surface area (Å²) in [5, 5.41) is 1.21. The van der Waals surface area contributed by atoms with Crippen molar-refractivity contribution in [2.75, 3.05) is 13.9 Å². The highest BCUT2D eigenvalue weighted by Crippen LogP contribution is 2.12. The Morgan fingerprint density at radius 3 is 2.21 bits per heavy atom. The Morgan fingerprint density at radius 2 is 1.79 bits per heavy atom. The molecular weight excluding hydrogens is 216 g/mol. The summed E-state index contributed by atoms with van der Waals surface area (Å²) in [7, 11) is -0.102. The molecule has 78 valence electrons. The summed E-state index contributed by atoms with van der Waals surface area (Å²) in [6.45, 7) is 4.47. The molecule has 14 heavy (non-hydrogen) atoms. The molecule has 0 saturated heterocycles. The number of ether oxygens (including phenoxy) is 2. The average Bonchev–Trinajstić information content (AvgIpc) is 2.14. The van der Waals surface area contributed by atoms with Gasteiger partial charge in [-0.15, -0.1) is 0 Å². The van der Waals surface area contributed by atoms with Crippen molar-refractivity contribution >= 4 is 23.6 Å². The molecule has 0 unspecified atom stereocenters. The molecule has 0 heterocycles. The van der Waals surface area contributed by atoms with Gasteiger partial charge in [-0.05, 0) is 17.3 Å². The highest BCUT2D eigenvalue weighted by Gasteiger charge is 2.19. The molecule has 0 fully saturated rings. The van der Waals surface area contributed by atoms with E-state index in [9.17, 15) is 0 Å². The van der Waals surface area contributed by atoms with Gasteiger partial charge in [0.1, 0.15) is 5.75 Å². The van der Waals surface area contributed by atoms with E-state index in [1.54, 1.807) is 7.11 Å². The summed E-state index contributed by atoms with van der Waals surface area (Å²) in [5.41, 5.74) is 0. The van der Waals surface area contributed by atoms with Crippen LogP contribution < -0.4 is 9.92 Å². The van der Waals surface area contributed by atoms with Gasteiger partial charge in [0.15, 0.2) is 14.2 Å². The van der Waals surface area contributed by atoms with Crippen LogP contribution in [0.3, 0.4) is 0 Å². The molecule has 0 radical (unpaired) electrons. The zero-order chi connectivity index (χ0) is 10.6. The predicted octanol–water partition coefficient (Wildman–Crippen LogP) is 2.32. The molecule has 0 aliphatic heterocycles. The summed E-state index contributed by atoms with van der Waals surface area (Å²) < 4.78 is 10.1. The lowest BCUT2D eigenvalue weighted by molar-refractivity contribution is 0.0511. The molecule has 0 N–H and O–H groups in total. The van der Waals surface area contributed by atoms with Gasteiger partial charge in [0.2, 0.25) is 0 Å². The number of halogens is 1.